The van der Waals surface area contributed by atoms with Crippen molar-refractivity contribution in [2.75, 3.05) is 58.9 Å². The average molecular weight is 457 g/mol. The summed E-state index contributed by atoms with van der Waals surface area (Å²) in [6.45, 7) is 11.2. The molecule has 1 aliphatic rings. The Balaban J connectivity index is 2.10. The first-order chi connectivity index (χ1) is 14.7. The number of likely N-dealkylation sites (N-methyl/N-ethyl adjacent to an activating group) is 1. The minimum atomic E-state index is -3.79. The summed E-state index contributed by atoms with van der Waals surface area (Å²) in [6.07, 6.45) is 0. The third-order valence-electron chi connectivity index (χ3n) is 5.65. The van der Waals surface area contributed by atoms with Crippen molar-refractivity contribution in [3.63, 3.8) is 0 Å². The molecule has 1 saturated heterocycles. The maximum absolute atomic E-state index is 14.4. The summed E-state index contributed by atoms with van der Waals surface area (Å²) < 4.78 is 41.2. The fourth-order valence-electron chi connectivity index (χ4n) is 3.69. The fraction of sp³-hybridized carbons (Fsp3) is 0.619. The van der Waals surface area contributed by atoms with Crippen molar-refractivity contribution in [2.45, 2.75) is 32.6 Å². The van der Waals surface area contributed by atoms with Gasteiger partial charge in [-0.25, -0.2) is 12.8 Å². The van der Waals surface area contributed by atoms with Crippen molar-refractivity contribution >= 4 is 21.8 Å². The molecule has 1 aliphatic heterocycles. The van der Waals surface area contributed by atoms with Gasteiger partial charge >= 0.3 is 0 Å². The molecular formula is C21H33FN4O4S. The molecule has 0 bridgehead atoms. The Labute approximate surface area is 184 Å². The van der Waals surface area contributed by atoms with Crippen molar-refractivity contribution in [3.05, 3.63) is 29.6 Å². The van der Waals surface area contributed by atoms with Gasteiger partial charge in [-0.3, -0.25) is 14.5 Å². The van der Waals surface area contributed by atoms with Gasteiger partial charge in [-0.05, 0) is 32.0 Å². The molecule has 0 spiro atoms. The van der Waals surface area contributed by atoms with Crippen LogP contribution in [0.5, 0.6) is 0 Å². The van der Waals surface area contributed by atoms with Crippen LogP contribution < -0.4 is 0 Å². The lowest BCUT2D eigenvalue weighted by Gasteiger charge is -2.35. The second-order valence-corrected chi connectivity index (χ2v) is 9.30. The summed E-state index contributed by atoms with van der Waals surface area (Å²) in [5, 5.41) is 0. The minimum absolute atomic E-state index is 0.0464. The molecule has 0 aliphatic carbocycles. The van der Waals surface area contributed by atoms with E-state index in [-0.39, 0.29) is 36.0 Å². The molecule has 8 nitrogen and oxygen atoms in total. The predicted molar refractivity (Wildman–Crippen MR) is 117 cm³/mol. The van der Waals surface area contributed by atoms with Crippen molar-refractivity contribution in [3.8, 4) is 0 Å². The van der Waals surface area contributed by atoms with Crippen LogP contribution in [-0.2, 0) is 14.8 Å². The lowest BCUT2D eigenvalue weighted by molar-refractivity contribution is -0.132. The molecule has 0 aromatic heterocycles. The first-order valence-corrected chi connectivity index (χ1v) is 12.2. The predicted octanol–water partition coefficient (Wildman–Crippen LogP) is 1.48. The van der Waals surface area contributed by atoms with Crippen molar-refractivity contribution in [1.29, 1.82) is 0 Å². The van der Waals surface area contributed by atoms with E-state index in [1.54, 1.807) is 18.7 Å². The number of carbonyl (C=O) groups excluding carboxylic acids is 2. The maximum atomic E-state index is 14.4. The van der Waals surface area contributed by atoms with E-state index in [1.807, 2.05) is 18.7 Å². The van der Waals surface area contributed by atoms with E-state index < -0.39 is 21.7 Å². The third kappa shape index (κ3) is 5.81. The first-order valence-electron chi connectivity index (χ1n) is 10.8. The van der Waals surface area contributed by atoms with Gasteiger partial charge in [0.25, 0.3) is 5.91 Å². The Morgan fingerprint density at radius 1 is 0.968 bits per heavy atom. The number of benzene rings is 1. The first kappa shape index (κ1) is 25.2. The van der Waals surface area contributed by atoms with Gasteiger partial charge in [-0.15, -0.1) is 0 Å². The zero-order valence-corrected chi connectivity index (χ0v) is 19.6. The van der Waals surface area contributed by atoms with Gasteiger partial charge in [0, 0.05) is 52.4 Å². The van der Waals surface area contributed by atoms with Crippen molar-refractivity contribution in [2.24, 2.45) is 0 Å². The zero-order valence-electron chi connectivity index (χ0n) is 18.8. The molecule has 0 N–H and O–H groups in total. The van der Waals surface area contributed by atoms with Crippen LogP contribution in [0.4, 0.5) is 4.39 Å². The monoisotopic (exact) mass is 456 g/mol. The van der Waals surface area contributed by atoms with Crippen LogP contribution >= 0.6 is 0 Å². The molecule has 1 aromatic rings. The number of piperazine rings is 1. The molecule has 174 valence electrons. The summed E-state index contributed by atoms with van der Waals surface area (Å²) in [7, 11) is -3.79. The molecule has 0 unspecified atom stereocenters. The molecular weight excluding hydrogens is 423 g/mol. The number of rotatable bonds is 9. The van der Waals surface area contributed by atoms with Crippen molar-refractivity contribution in [1.82, 2.24) is 19.0 Å². The van der Waals surface area contributed by atoms with Gasteiger partial charge < -0.3 is 9.80 Å². The SMILES string of the molecule is CCN(CC)C(=O)CN1CCN(C(=O)c2cc(S(=O)(=O)N(CC)CC)ccc2F)CC1. The smallest absolute Gasteiger partial charge is 0.256 e. The largest absolute Gasteiger partial charge is 0.342 e. The highest BCUT2D eigenvalue weighted by Gasteiger charge is 2.28. The zero-order chi connectivity index (χ0) is 23.2. The van der Waals surface area contributed by atoms with E-state index in [1.165, 1.54) is 15.3 Å². The summed E-state index contributed by atoms with van der Waals surface area (Å²) in [4.78, 5) is 30.4. The van der Waals surface area contributed by atoms with E-state index in [0.717, 1.165) is 12.1 Å². The van der Waals surface area contributed by atoms with Gasteiger partial charge in [0.2, 0.25) is 15.9 Å². The van der Waals surface area contributed by atoms with E-state index >= 15 is 0 Å². The van der Waals surface area contributed by atoms with Gasteiger partial charge in [0.15, 0.2) is 0 Å². The van der Waals surface area contributed by atoms with Crippen LogP contribution in [0.1, 0.15) is 38.1 Å². The topological polar surface area (TPSA) is 81.2 Å². The molecule has 2 rings (SSSR count). The van der Waals surface area contributed by atoms with Crippen LogP contribution in [0.15, 0.2) is 23.1 Å². The molecule has 0 saturated carbocycles. The van der Waals surface area contributed by atoms with Crippen LogP contribution in [-0.4, -0.2) is 98.1 Å². The van der Waals surface area contributed by atoms with Crippen LogP contribution in [0, 0.1) is 5.82 Å². The number of hydrogen-bond acceptors (Lipinski definition) is 5. The molecule has 10 heteroatoms. The molecule has 1 fully saturated rings. The standard InChI is InChI=1S/C21H33FN4O4S/c1-5-24(6-2)20(27)16-23-11-13-25(14-12-23)21(28)18-15-17(9-10-19(18)22)31(29,30)26(7-3)8-4/h9-10,15H,5-8,11-14,16H2,1-4H3. The fourth-order valence-corrected chi connectivity index (χ4v) is 5.17. The van der Waals surface area contributed by atoms with E-state index in [0.29, 0.717) is 39.3 Å². The van der Waals surface area contributed by atoms with E-state index in [4.69, 9.17) is 0 Å². The highest BCUT2D eigenvalue weighted by molar-refractivity contribution is 7.89. The Hall–Kier alpha value is -2.04. The minimum Gasteiger partial charge on any atom is -0.342 e. The Bertz CT molecular complexity index is 877. The summed E-state index contributed by atoms with van der Waals surface area (Å²) in [6, 6.07) is 3.35. The average Bonchev–Trinajstić information content (AvgIpc) is 2.75. The highest BCUT2D eigenvalue weighted by Crippen LogP contribution is 2.21. The Kier molecular flexibility index (Phi) is 8.96. The van der Waals surface area contributed by atoms with Gasteiger partial charge in [0.05, 0.1) is 17.0 Å². The van der Waals surface area contributed by atoms with Crippen LogP contribution in [0.3, 0.4) is 0 Å². The molecule has 1 heterocycles. The van der Waals surface area contributed by atoms with E-state index in [2.05, 4.69) is 0 Å². The molecule has 0 atom stereocenters. The molecule has 31 heavy (non-hydrogen) atoms. The van der Waals surface area contributed by atoms with Gasteiger partial charge in [-0.1, -0.05) is 13.8 Å². The normalized spacial score (nSPS) is 15.4. The Morgan fingerprint density at radius 3 is 2.06 bits per heavy atom. The number of hydrogen-bond donors (Lipinski definition) is 0. The third-order valence-corrected chi connectivity index (χ3v) is 7.69. The second kappa shape index (κ2) is 11.0. The number of halogens is 1. The quantitative estimate of drug-likeness (QED) is 0.562. The lowest BCUT2D eigenvalue weighted by atomic mass is 10.1. The van der Waals surface area contributed by atoms with E-state index in [9.17, 15) is 22.4 Å². The molecule has 2 amide bonds. The summed E-state index contributed by atoms with van der Waals surface area (Å²) in [5.41, 5.74) is -0.249. The lowest BCUT2D eigenvalue weighted by Crippen LogP contribution is -2.51. The Morgan fingerprint density at radius 2 is 1.55 bits per heavy atom. The number of nitrogens with zero attached hydrogens (tertiary/aromatic N) is 4. The molecule has 1 aromatic carbocycles. The van der Waals surface area contributed by atoms with Crippen LogP contribution in [0.25, 0.3) is 0 Å². The number of sulfonamides is 1. The second-order valence-electron chi connectivity index (χ2n) is 7.37. The van der Waals surface area contributed by atoms with Crippen LogP contribution in [0.2, 0.25) is 0 Å². The van der Waals surface area contributed by atoms with Gasteiger partial charge in [-0.2, -0.15) is 4.31 Å². The number of amides is 2. The summed E-state index contributed by atoms with van der Waals surface area (Å²) >= 11 is 0. The van der Waals surface area contributed by atoms with Crippen molar-refractivity contribution < 1.29 is 22.4 Å². The number of carbonyl (C=O) groups is 2. The molecule has 0 radical (unpaired) electrons. The summed E-state index contributed by atoms with van der Waals surface area (Å²) in [5.74, 6) is -1.24. The maximum Gasteiger partial charge on any atom is 0.256 e. The highest BCUT2D eigenvalue weighted by atomic mass is 32.2. The van der Waals surface area contributed by atoms with Gasteiger partial charge in [0.1, 0.15) is 5.82 Å².